The lowest BCUT2D eigenvalue weighted by Gasteiger charge is -2.10. The molecule has 1 amide bonds. The fourth-order valence-electron chi connectivity index (χ4n) is 1.47. The van der Waals surface area contributed by atoms with Crippen LogP contribution < -0.4 is 5.32 Å². The van der Waals surface area contributed by atoms with Crippen LogP contribution in [-0.2, 0) is 12.7 Å². The SMILES string of the molecule is O=C(NCc1nccs1)c1cc(C(F)(F)F)ccc1Br. The van der Waals surface area contributed by atoms with Gasteiger partial charge in [-0.25, -0.2) is 4.98 Å². The molecule has 0 fully saturated rings. The monoisotopic (exact) mass is 364 g/mol. The first-order valence-corrected chi connectivity index (χ1v) is 7.08. The van der Waals surface area contributed by atoms with Crippen molar-refractivity contribution in [3.8, 4) is 0 Å². The van der Waals surface area contributed by atoms with Crippen molar-refractivity contribution in [2.45, 2.75) is 12.7 Å². The van der Waals surface area contributed by atoms with E-state index in [1.54, 1.807) is 11.6 Å². The molecule has 0 atom stereocenters. The van der Waals surface area contributed by atoms with E-state index in [4.69, 9.17) is 0 Å². The maximum atomic E-state index is 12.6. The highest BCUT2D eigenvalue weighted by atomic mass is 79.9. The number of halogens is 4. The minimum atomic E-state index is -4.48. The van der Waals surface area contributed by atoms with Crippen molar-refractivity contribution in [2.75, 3.05) is 0 Å². The van der Waals surface area contributed by atoms with Crippen molar-refractivity contribution >= 4 is 33.2 Å². The second kappa shape index (κ2) is 5.92. The summed E-state index contributed by atoms with van der Waals surface area (Å²) in [5.74, 6) is -0.585. The number of nitrogens with one attached hydrogen (secondary N) is 1. The van der Waals surface area contributed by atoms with Crippen LogP contribution >= 0.6 is 27.3 Å². The Labute approximate surface area is 125 Å². The topological polar surface area (TPSA) is 42.0 Å². The molecule has 0 unspecified atom stereocenters. The zero-order valence-corrected chi connectivity index (χ0v) is 12.3. The van der Waals surface area contributed by atoms with Gasteiger partial charge in [-0.1, -0.05) is 0 Å². The van der Waals surface area contributed by atoms with Crippen molar-refractivity contribution in [2.24, 2.45) is 0 Å². The van der Waals surface area contributed by atoms with Crippen molar-refractivity contribution in [3.05, 3.63) is 50.4 Å². The molecule has 0 saturated heterocycles. The highest BCUT2D eigenvalue weighted by molar-refractivity contribution is 9.10. The van der Waals surface area contributed by atoms with Crippen molar-refractivity contribution in [1.29, 1.82) is 0 Å². The first kappa shape index (κ1) is 15.0. The molecule has 1 aromatic carbocycles. The van der Waals surface area contributed by atoms with Gasteiger partial charge in [0.1, 0.15) is 5.01 Å². The largest absolute Gasteiger partial charge is 0.416 e. The normalized spacial score (nSPS) is 11.4. The second-order valence-electron chi connectivity index (χ2n) is 3.80. The van der Waals surface area contributed by atoms with Gasteiger partial charge in [0.15, 0.2) is 0 Å². The van der Waals surface area contributed by atoms with E-state index in [0.717, 1.165) is 12.1 Å². The molecule has 3 nitrogen and oxygen atoms in total. The average Bonchev–Trinajstić information content (AvgIpc) is 2.88. The number of aromatic nitrogens is 1. The number of hydrogen-bond donors (Lipinski definition) is 1. The fraction of sp³-hybridized carbons (Fsp3) is 0.167. The molecule has 0 saturated carbocycles. The number of alkyl halides is 3. The smallest absolute Gasteiger partial charge is 0.345 e. The summed E-state index contributed by atoms with van der Waals surface area (Å²) in [5.41, 5.74) is -0.920. The van der Waals surface area contributed by atoms with E-state index in [-0.39, 0.29) is 12.1 Å². The van der Waals surface area contributed by atoms with E-state index in [1.165, 1.54) is 17.4 Å². The predicted octanol–water partition coefficient (Wildman–Crippen LogP) is 3.85. The number of benzene rings is 1. The minimum absolute atomic E-state index is 0.0589. The molecule has 0 aliphatic rings. The van der Waals surface area contributed by atoms with Crippen LogP contribution in [0.4, 0.5) is 13.2 Å². The van der Waals surface area contributed by atoms with Crippen molar-refractivity contribution < 1.29 is 18.0 Å². The van der Waals surface area contributed by atoms with Crippen LogP contribution in [0.1, 0.15) is 20.9 Å². The number of carbonyl (C=O) groups is 1. The molecule has 0 bridgehead atoms. The molecule has 1 aromatic heterocycles. The Balaban J connectivity index is 2.16. The summed E-state index contributed by atoms with van der Waals surface area (Å²) in [7, 11) is 0. The standard InChI is InChI=1S/C12H8BrF3N2OS/c13-9-2-1-7(12(14,15)16)5-8(9)11(19)18-6-10-17-3-4-20-10/h1-5H,6H2,(H,18,19). The van der Waals surface area contributed by atoms with Gasteiger partial charge < -0.3 is 5.32 Å². The van der Waals surface area contributed by atoms with Crippen LogP contribution in [0.15, 0.2) is 34.2 Å². The van der Waals surface area contributed by atoms with Crippen molar-refractivity contribution in [1.82, 2.24) is 10.3 Å². The van der Waals surface area contributed by atoms with Gasteiger partial charge in [0.2, 0.25) is 0 Å². The number of amides is 1. The number of carbonyl (C=O) groups excluding carboxylic acids is 1. The van der Waals surface area contributed by atoms with Crippen LogP contribution in [0.25, 0.3) is 0 Å². The minimum Gasteiger partial charge on any atom is -0.345 e. The summed E-state index contributed by atoms with van der Waals surface area (Å²) in [6, 6.07) is 2.95. The quantitative estimate of drug-likeness (QED) is 0.898. The van der Waals surface area contributed by atoms with Gasteiger partial charge in [-0.2, -0.15) is 13.2 Å². The Morgan fingerprint density at radius 3 is 2.75 bits per heavy atom. The zero-order valence-electron chi connectivity index (χ0n) is 9.87. The molecule has 1 heterocycles. The lowest BCUT2D eigenvalue weighted by atomic mass is 10.1. The molecule has 106 valence electrons. The van der Waals surface area contributed by atoms with Gasteiger partial charge in [0.05, 0.1) is 17.7 Å². The molecular weight excluding hydrogens is 357 g/mol. The zero-order chi connectivity index (χ0) is 14.8. The Kier molecular flexibility index (Phi) is 4.44. The van der Waals surface area contributed by atoms with Gasteiger partial charge in [0, 0.05) is 16.0 Å². The molecular formula is C12H8BrF3N2OS. The molecule has 2 rings (SSSR count). The number of hydrogen-bond acceptors (Lipinski definition) is 3. The lowest BCUT2D eigenvalue weighted by molar-refractivity contribution is -0.137. The highest BCUT2D eigenvalue weighted by Gasteiger charge is 2.31. The number of rotatable bonds is 3. The third kappa shape index (κ3) is 3.57. The summed E-state index contributed by atoms with van der Waals surface area (Å²) in [4.78, 5) is 15.9. The third-order valence-electron chi connectivity index (χ3n) is 2.42. The van der Waals surface area contributed by atoms with E-state index in [1.807, 2.05) is 0 Å². The molecule has 20 heavy (non-hydrogen) atoms. The summed E-state index contributed by atoms with van der Waals surface area (Å²) >= 11 is 4.43. The van der Waals surface area contributed by atoms with Gasteiger partial charge in [-0.05, 0) is 34.1 Å². The summed E-state index contributed by atoms with van der Waals surface area (Å²) in [6.07, 6.45) is -2.89. The van der Waals surface area contributed by atoms with Crippen LogP contribution in [0.5, 0.6) is 0 Å². The molecule has 0 spiro atoms. The molecule has 2 aromatic rings. The Bertz CT molecular complexity index is 614. The van der Waals surface area contributed by atoms with Gasteiger partial charge in [0.25, 0.3) is 5.91 Å². The van der Waals surface area contributed by atoms with Crippen LogP contribution in [-0.4, -0.2) is 10.9 Å². The van der Waals surface area contributed by atoms with Crippen molar-refractivity contribution in [3.63, 3.8) is 0 Å². The number of nitrogens with zero attached hydrogens (tertiary/aromatic N) is 1. The molecule has 0 aliphatic heterocycles. The molecule has 1 N–H and O–H groups in total. The van der Waals surface area contributed by atoms with Gasteiger partial charge >= 0.3 is 6.18 Å². The Morgan fingerprint density at radius 1 is 1.40 bits per heavy atom. The second-order valence-corrected chi connectivity index (χ2v) is 5.63. The number of thiazole rings is 1. The fourth-order valence-corrected chi connectivity index (χ4v) is 2.45. The predicted molar refractivity (Wildman–Crippen MR) is 72.4 cm³/mol. The summed E-state index contributed by atoms with van der Waals surface area (Å²) in [6.45, 7) is 0.180. The molecule has 0 aliphatic carbocycles. The maximum absolute atomic E-state index is 12.6. The average molecular weight is 365 g/mol. The van der Waals surface area contributed by atoms with Crippen LogP contribution in [0.2, 0.25) is 0 Å². The van der Waals surface area contributed by atoms with Gasteiger partial charge in [-0.3, -0.25) is 4.79 Å². The van der Waals surface area contributed by atoms with Gasteiger partial charge in [-0.15, -0.1) is 11.3 Å². The van der Waals surface area contributed by atoms with E-state index in [0.29, 0.717) is 9.48 Å². The first-order valence-electron chi connectivity index (χ1n) is 5.41. The third-order valence-corrected chi connectivity index (χ3v) is 3.89. The maximum Gasteiger partial charge on any atom is 0.416 e. The molecule has 8 heteroatoms. The summed E-state index contributed by atoms with van der Waals surface area (Å²) < 4.78 is 38.2. The Morgan fingerprint density at radius 2 is 2.15 bits per heavy atom. The lowest BCUT2D eigenvalue weighted by Crippen LogP contribution is -2.23. The Hall–Kier alpha value is -1.41. The summed E-state index contributed by atoms with van der Waals surface area (Å²) in [5, 5.41) is 4.97. The molecule has 0 radical (unpaired) electrons. The van der Waals surface area contributed by atoms with Crippen LogP contribution in [0, 0.1) is 0 Å². The van der Waals surface area contributed by atoms with E-state index >= 15 is 0 Å². The highest BCUT2D eigenvalue weighted by Crippen LogP contribution is 2.31. The first-order chi connectivity index (χ1) is 9.38. The van der Waals surface area contributed by atoms with E-state index < -0.39 is 17.6 Å². The van der Waals surface area contributed by atoms with Crippen LogP contribution in [0.3, 0.4) is 0 Å². The van der Waals surface area contributed by atoms with E-state index in [2.05, 4.69) is 26.2 Å². The van der Waals surface area contributed by atoms with E-state index in [9.17, 15) is 18.0 Å².